The van der Waals surface area contributed by atoms with Crippen LogP contribution in [0.5, 0.6) is 5.75 Å². The van der Waals surface area contributed by atoms with Crippen LogP contribution in [0, 0.1) is 0 Å². The number of aliphatic hydroxyl groups excluding tert-OH is 1. The van der Waals surface area contributed by atoms with Crippen molar-refractivity contribution in [1.82, 2.24) is 0 Å². The molecule has 1 aliphatic heterocycles. The molecular weight excluding hydrogens is 190 g/mol. The maximum absolute atomic E-state index is 9.22. The molecule has 15 heavy (non-hydrogen) atoms. The molecule has 1 saturated heterocycles. The fourth-order valence-corrected chi connectivity index (χ4v) is 2.06. The molecule has 0 unspecified atom stereocenters. The van der Waals surface area contributed by atoms with Gasteiger partial charge in [-0.05, 0) is 31.0 Å². The number of methoxy groups -OCH3 is 1. The van der Waals surface area contributed by atoms with Gasteiger partial charge in [0.1, 0.15) is 5.75 Å². The average Bonchev–Trinajstić information content (AvgIpc) is 2.81. The lowest BCUT2D eigenvalue weighted by molar-refractivity contribution is 0.274. The summed E-state index contributed by atoms with van der Waals surface area (Å²) in [5.41, 5.74) is 2.05. The second-order valence-electron chi connectivity index (χ2n) is 3.85. The van der Waals surface area contributed by atoms with Crippen LogP contribution in [0.25, 0.3) is 0 Å². The molecule has 1 fully saturated rings. The van der Waals surface area contributed by atoms with Gasteiger partial charge in [-0.2, -0.15) is 0 Å². The molecule has 1 heterocycles. The number of hydrogen-bond acceptors (Lipinski definition) is 3. The fourth-order valence-electron chi connectivity index (χ4n) is 2.06. The minimum absolute atomic E-state index is 0.0326. The van der Waals surface area contributed by atoms with E-state index >= 15 is 0 Å². The number of nitrogens with zero attached hydrogens (tertiary/aromatic N) is 1. The third-order valence-electron chi connectivity index (χ3n) is 2.91. The first-order chi connectivity index (χ1) is 7.35. The Morgan fingerprint density at radius 1 is 1.33 bits per heavy atom. The van der Waals surface area contributed by atoms with Gasteiger partial charge in [-0.25, -0.2) is 0 Å². The minimum atomic E-state index is 0.0326. The van der Waals surface area contributed by atoms with E-state index in [1.54, 1.807) is 7.11 Å². The van der Waals surface area contributed by atoms with Crippen LogP contribution in [0.1, 0.15) is 18.4 Å². The van der Waals surface area contributed by atoms with Gasteiger partial charge in [0.25, 0.3) is 0 Å². The van der Waals surface area contributed by atoms with E-state index in [-0.39, 0.29) is 6.61 Å². The number of rotatable bonds is 3. The van der Waals surface area contributed by atoms with E-state index < -0.39 is 0 Å². The van der Waals surface area contributed by atoms with Crippen LogP contribution >= 0.6 is 0 Å². The topological polar surface area (TPSA) is 32.7 Å². The summed E-state index contributed by atoms with van der Waals surface area (Å²) in [7, 11) is 1.63. The van der Waals surface area contributed by atoms with Crippen LogP contribution in [0.2, 0.25) is 0 Å². The van der Waals surface area contributed by atoms with Crippen LogP contribution in [0.15, 0.2) is 18.2 Å². The first-order valence-electron chi connectivity index (χ1n) is 5.38. The standard InChI is InChI=1S/C12H17NO2/c1-15-12-5-4-11(8-10(12)9-14)13-6-2-3-7-13/h4-5,8,14H,2-3,6-7,9H2,1H3. The molecular formula is C12H17NO2. The Hall–Kier alpha value is -1.22. The molecule has 0 aliphatic carbocycles. The zero-order valence-corrected chi connectivity index (χ0v) is 9.07. The largest absolute Gasteiger partial charge is 0.496 e. The lowest BCUT2D eigenvalue weighted by atomic mass is 10.1. The zero-order chi connectivity index (χ0) is 10.7. The summed E-state index contributed by atoms with van der Waals surface area (Å²) in [5.74, 6) is 0.764. The summed E-state index contributed by atoms with van der Waals surface area (Å²) in [6.07, 6.45) is 2.53. The lowest BCUT2D eigenvalue weighted by Crippen LogP contribution is -2.17. The summed E-state index contributed by atoms with van der Waals surface area (Å²) < 4.78 is 5.18. The van der Waals surface area contributed by atoms with Crippen molar-refractivity contribution >= 4 is 5.69 Å². The number of hydrogen-bond donors (Lipinski definition) is 1. The van der Waals surface area contributed by atoms with Crippen molar-refractivity contribution < 1.29 is 9.84 Å². The molecule has 0 atom stereocenters. The van der Waals surface area contributed by atoms with Gasteiger partial charge < -0.3 is 14.7 Å². The molecule has 3 nitrogen and oxygen atoms in total. The molecule has 0 saturated carbocycles. The second-order valence-corrected chi connectivity index (χ2v) is 3.85. The predicted molar refractivity (Wildman–Crippen MR) is 60.4 cm³/mol. The quantitative estimate of drug-likeness (QED) is 0.820. The summed E-state index contributed by atoms with van der Waals surface area (Å²) in [6, 6.07) is 6.01. The fraction of sp³-hybridized carbons (Fsp3) is 0.500. The van der Waals surface area contributed by atoms with Gasteiger partial charge in [-0.1, -0.05) is 0 Å². The molecule has 3 heteroatoms. The second kappa shape index (κ2) is 4.53. The van der Waals surface area contributed by atoms with E-state index in [0.717, 1.165) is 24.4 Å². The molecule has 1 aromatic rings. The van der Waals surface area contributed by atoms with E-state index in [1.165, 1.54) is 18.5 Å². The van der Waals surface area contributed by atoms with Crippen molar-refractivity contribution in [3.8, 4) is 5.75 Å². The lowest BCUT2D eigenvalue weighted by Gasteiger charge is -2.19. The molecule has 0 spiro atoms. The van der Waals surface area contributed by atoms with Crippen molar-refractivity contribution in [1.29, 1.82) is 0 Å². The molecule has 1 aliphatic rings. The Kier molecular flexibility index (Phi) is 3.11. The molecule has 0 aromatic heterocycles. The molecule has 2 rings (SSSR count). The van der Waals surface area contributed by atoms with E-state index in [1.807, 2.05) is 12.1 Å². The molecule has 1 N–H and O–H groups in total. The third-order valence-corrected chi connectivity index (χ3v) is 2.91. The van der Waals surface area contributed by atoms with Crippen LogP contribution in [0.3, 0.4) is 0 Å². The Bertz CT molecular complexity index is 332. The number of anilines is 1. The van der Waals surface area contributed by atoms with E-state index in [4.69, 9.17) is 4.74 Å². The highest BCUT2D eigenvalue weighted by Crippen LogP contribution is 2.27. The van der Waals surface area contributed by atoms with Crippen molar-refractivity contribution in [3.05, 3.63) is 23.8 Å². The molecule has 0 amide bonds. The van der Waals surface area contributed by atoms with Crippen molar-refractivity contribution in [2.75, 3.05) is 25.1 Å². The van der Waals surface area contributed by atoms with Gasteiger partial charge in [0.2, 0.25) is 0 Å². The van der Waals surface area contributed by atoms with Gasteiger partial charge in [-0.3, -0.25) is 0 Å². The van der Waals surface area contributed by atoms with Crippen molar-refractivity contribution in [2.45, 2.75) is 19.4 Å². The van der Waals surface area contributed by atoms with Gasteiger partial charge in [-0.15, -0.1) is 0 Å². The van der Waals surface area contributed by atoms with Gasteiger partial charge in [0, 0.05) is 24.3 Å². The molecule has 1 aromatic carbocycles. The van der Waals surface area contributed by atoms with Gasteiger partial charge in [0.05, 0.1) is 13.7 Å². The monoisotopic (exact) mass is 207 g/mol. The van der Waals surface area contributed by atoms with Crippen LogP contribution < -0.4 is 9.64 Å². The summed E-state index contributed by atoms with van der Waals surface area (Å²) >= 11 is 0. The average molecular weight is 207 g/mol. The Labute approximate surface area is 90.3 Å². The third kappa shape index (κ3) is 2.07. The maximum atomic E-state index is 9.22. The van der Waals surface area contributed by atoms with Crippen LogP contribution in [0.4, 0.5) is 5.69 Å². The van der Waals surface area contributed by atoms with Gasteiger partial charge in [0.15, 0.2) is 0 Å². The summed E-state index contributed by atoms with van der Waals surface area (Å²) in [6.45, 7) is 2.28. The zero-order valence-electron chi connectivity index (χ0n) is 9.07. The summed E-state index contributed by atoms with van der Waals surface area (Å²) in [5, 5.41) is 9.22. The van der Waals surface area contributed by atoms with Crippen molar-refractivity contribution in [2.24, 2.45) is 0 Å². The number of benzene rings is 1. The van der Waals surface area contributed by atoms with Crippen molar-refractivity contribution in [3.63, 3.8) is 0 Å². The van der Waals surface area contributed by atoms with E-state index in [9.17, 15) is 5.11 Å². The Morgan fingerprint density at radius 2 is 2.07 bits per heavy atom. The highest BCUT2D eigenvalue weighted by Gasteiger charge is 2.13. The molecule has 0 radical (unpaired) electrons. The smallest absolute Gasteiger partial charge is 0.124 e. The minimum Gasteiger partial charge on any atom is -0.496 e. The number of aliphatic hydroxyl groups is 1. The molecule has 82 valence electrons. The SMILES string of the molecule is COc1ccc(N2CCCC2)cc1CO. The number of ether oxygens (including phenoxy) is 1. The summed E-state index contributed by atoms with van der Waals surface area (Å²) in [4.78, 5) is 2.35. The maximum Gasteiger partial charge on any atom is 0.124 e. The Morgan fingerprint density at radius 3 is 2.67 bits per heavy atom. The predicted octanol–water partition coefficient (Wildman–Crippen LogP) is 1.79. The van der Waals surface area contributed by atoms with Crippen LogP contribution in [-0.4, -0.2) is 25.3 Å². The van der Waals surface area contributed by atoms with Crippen LogP contribution in [-0.2, 0) is 6.61 Å². The Balaban J connectivity index is 2.25. The molecule has 0 bridgehead atoms. The normalized spacial score (nSPS) is 15.7. The first-order valence-corrected chi connectivity index (χ1v) is 5.38. The highest BCUT2D eigenvalue weighted by molar-refractivity contribution is 5.53. The van der Waals surface area contributed by atoms with E-state index in [0.29, 0.717) is 0 Å². The van der Waals surface area contributed by atoms with Gasteiger partial charge >= 0.3 is 0 Å². The first kappa shape index (κ1) is 10.3. The van der Waals surface area contributed by atoms with E-state index in [2.05, 4.69) is 11.0 Å². The highest BCUT2D eigenvalue weighted by atomic mass is 16.5.